The van der Waals surface area contributed by atoms with E-state index in [0.29, 0.717) is 5.56 Å². The standard InChI is InChI=1S/C19H16BrFN2O2/c1-13(15-7-3-2-4-8-15)25-18-17(20)19(24)23(12-22-18)11-14-6-5-9-16(21)10-14/h2-10,12-13H,11H2,1H3. The van der Waals surface area contributed by atoms with Crippen molar-refractivity contribution >= 4 is 15.9 Å². The summed E-state index contributed by atoms with van der Waals surface area (Å²) in [4.78, 5) is 16.7. The molecule has 0 aliphatic heterocycles. The lowest BCUT2D eigenvalue weighted by Crippen LogP contribution is -2.23. The number of ether oxygens (including phenoxy) is 1. The summed E-state index contributed by atoms with van der Waals surface area (Å²) in [5, 5.41) is 0. The predicted octanol–water partition coefficient (Wildman–Crippen LogP) is 4.33. The third-order valence-corrected chi connectivity index (χ3v) is 4.43. The van der Waals surface area contributed by atoms with Crippen LogP contribution in [0.2, 0.25) is 0 Å². The van der Waals surface area contributed by atoms with E-state index in [4.69, 9.17) is 4.74 Å². The SMILES string of the molecule is CC(Oc1ncn(Cc2cccc(F)c2)c(=O)c1Br)c1ccccc1. The Hall–Kier alpha value is -2.47. The maximum Gasteiger partial charge on any atom is 0.271 e. The van der Waals surface area contributed by atoms with Gasteiger partial charge in [-0.3, -0.25) is 9.36 Å². The molecule has 6 heteroatoms. The minimum absolute atomic E-state index is 0.233. The highest BCUT2D eigenvalue weighted by Gasteiger charge is 2.15. The van der Waals surface area contributed by atoms with Crippen LogP contribution in [0, 0.1) is 5.82 Å². The summed E-state index contributed by atoms with van der Waals surface area (Å²) in [6, 6.07) is 15.8. The maximum absolute atomic E-state index is 13.3. The van der Waals surface area contributed by atoms with Crippen LogP contribution in [0.3, 0.4) is 0 Å². The molecule has 0 saturated heterocycles. The van der Waals surface area contributed by atoms with Gasteiger partial charge in [0.25, 0.3) is 5.56 Å². The van der Waals surface area contributed by atoms with Crippen molar-refractivity contribution in [3.63, 3.8) is 0 Å². The molecule has 3 rings (SSSR count). The molecule has 1 heterocycles. The molecule has 0 saturated carbocycles. The second kappa shape index (κ2) is 7.61. The van der Waals surface area contributed by atoms with E-state index < -0.39 is 0 Å². The zero-order valence-electron chi connectivity index (χ0n) is 13.5. The average Bonchev–Trinajstić information content (AvgIpc) is 2.62. The van der Waals surface area contributed by atoms with Crippen molar-refractivity contribution in [3.05, 3.63) is 92.7 Å². The summed E-state index contributed by atoms with van der Waals surface area (Å²) in [5.74, 6) is -0.106. The molecule has 4 nitrogen and oxygen atoms in total. The van der Waals surface area contributed by atoms with E-state index in [0.717, 1.165) is 5.56 Å². The molecule has 128 valence electrons. The fraction of sp³-hybridized carbons (Fsp3) is 0.158. The van der Waals surface area contributed by atoms with Gasteiger partial charge >= 0.3 is 0 Å². The van der Waals surface area contributed by atoms with Crippen molar-refractivity contribution in [2.75, 3.05) is 0 Å². The summed E-state index contributed by atoms with van der Waals surface area (Å²) in [5.41, 5.74) is 1.39. The van der Waals surface area contributed by atoms with Crippen LogP contribution in [-0.2, 0) is 6.54 Å². The number of aromatic nitrogens is 2. The van der Waals surface area contributed by atoms with Crippen LogP contribution in [0.1, 0.15) is 24.2 Å². The normalized spacial score (nSPS) is 12.0. The van der Waals surface area contributed by atoms with Gasteiger partial charge in [0.15, 0.2) is 0 Å². The average molecular weight is 403 g/mol. The Bertz CT molecular complexity index is 928. The van der Waals surface area contributed by atoms with Gasteiger partial charge in [0.2, 0.25) is 5.88 Å². The molecular formula is C19H16BrFN2O2. The Balaban J connectivity index is 1.82. The quantitative estimate of drug-likeness (QED) is 0.637. The molecule has 1 atom stereocenters. The number of halogens is 2. The van der Waals surface area contributed by atoms with Crippen molar-refractivity contribution in [1.82, 2.24) is 9.55 Å². The molecule has 3 aromatic rings. The van der Waals surface area contributed by atoms with E-state index in [1.807, 2.05) is 37.3 Å². The summed E-state index contributed by atoms with van der Waals surface area (Å²) in [6.07, 6.45) is 1.16. The smallest absolute Gasteiger partial charge is 0.271 e. The third-order valence-electron chi connectivity index (χ3n) is 3.75. The lowest BCUT2D eigenvalue weighted by atomic mass is 10.1. The van der Waals surface area contributed by atoms with Gasteiger partial charge in [0, 0.05) is 0 Å². The molecule has 0 aliphatic rings. The predicted molar refractivity (Wildman–Crippen MR) is 97.2 cm³/mol. The Morgan fingerprint density at radius 2 is 1.96 bits per heavy atom. The maximum atomic E-state index is 13.3. The molecule has 2 aromatic carbocycles. The van der Waals surface area contributed by atoms with Gasteiger partial charge < -0.3 is 4.74 Å². The highest BCUT2D eigenvalue weighted by Crippen LogP contribution is 2.24. The Morgan fingerprint density at radius 1 is 1.20 bits per heavy atom. The van der Waals surface area contributed by atoms with Crippen LogP contribution in [0.15, 0.2) is 70.2 Å². The van der Waals surface area contributed by atoms with Crippen molar-refractivity contribution in [1.29, 1.82) is 0 Å². The molecule has 0 radical (unpaired) electrons. The monoisotopic (exact) mass is 402 g/mol. The van der Waals surface area contributed by atoms with Gasteiger partial charge in [-0.25, -0.2) is 9.37 Å². The first-order valence-electron chi connectivity index (χ1n) is 7.75. The lowest BCUT2D eigenvalue weighted by Gasteiger charge is -2.16. The third kappa shape index (κ3) is 4.14. The van der Waals surface area contributed by atoms with Gasteiger partial charge in [-0.2, -0.15) is 0 Å². The van der Waals surface area contributed by atoms with Crippen molar-refractivity contribution in [2.45, 2.75) is 19.6 Å². The number of benzene rings is 2. The zero-order valence-corrected chi connectivity index (χ0v) is 15.1. The molecule has 0 N–H and O–H groups in total. The molecule has 1 aromatic heterocycles. The first kappa shape index (κ1) is 17.4. The van der Waals surface area contributed by atoms with Crippen LogP contribution in [0.4, 0.5) is 4.39 Å². The van der Waals surface area contributed by atoms with Crippen molar-refractivity contribution in [2.24, 2.45) is 0 Å². The highest BCUT2D eigenvalue weighted by molar-refractivity contribution is 9.10. The zero-order chi connectivity index (χ0) is 17.8. The topological polar surface area (TPSA) is 44.1 Å². The first-order valence-corrected chi connectivity index (χ1v) is 8.55. The fourth-order valence-electron chi connectivity index (χ4n) is 2.44. The number of rotatable bonds is 5. The lowest BCUT2D eigenvalue weighted by molar-refractivity contribution is 0.214. The Morgan fingerprint density at radius 3 is 2.68 bits per heavy atom. The minimum atomic E-state index is -0.339. The van der Waals surface area contributed by atoms with Gasteiger partial charge in [-0.1, -0.05) is 42.5 Å². The van der Waals surface area contributed by atoms with Crippen LogP contribution in [-0.4, -0.2) is 9.55 Å². The van der Waals surface area contributed by atoms with Crippen LogP contribution < -0.4 is 10.3 Å². The number of hydrogen-bond donors (Lipinski definition) is 0. The highest BCUT2D eigenvalue weighted by atomic mass is 79.9. The molecule has 0 amide bonds. The van der Waals surface area contributed by atoms with Gasteiger partial charge in [0.1, 0.15) is 22.7 Å². The van der Waals surface area contributed by atoms with Gasteiger partial charge in [0.05, 0.1) is 6.54 Å². The van der Waals surface area contributed by atoms with Gasteiger partial charge in [-0.15, -0.1) is 0 Å². The molecule has 0 fully saturated rings. The van der Waals surface area contributed by atoms with E-state index in [1.165, 1.54) is 23.0 Å². The largest absolute Gasteiger partial charge is 0.469 e. The Labute approximate surface area is 153 Å². The molecular weight excluding hydrogens is 387 g/mol. The minimum Gasteiger partial charge on any atom is -0.469 e. The second-order valence-corrected chi connectivity index (χ2v) is 6.39. The molecule has 1 unspecified atom stereocenters. The molecule has 0 bridgehead atoms. The summed E-state index contributed by atoms with van der Waals surface area (Å²) >= 11 is 3.27. The number of nitrogens with zero attached hydrogens (tertiary/aromatic N) is 2. The van der Waals surface area contributed by atoms with E-state index in [-0.39, 0.29) is 34.4 Å². The van der Waals surface area contributed by atoms with E-state index >= 15 is 0 Å². The van der Waals surface area contributed by atoms with E-state index in [2.05, 4.69) is 20.9 Å². The Kier molecular flexibility index (Phi) is 5.28. The van der Waals surface area contributed by atoms with Crippen LogP contribution in [0.5, 0.6) is 5.88 Å². The number of hydrogen-bond acceptors (Lipinski definition) is 3. The van der Waals surface area contributed by atoms with Crippen LogP contribution in [0.25, 0.3) is 0 Å². The summed E-state index contributed by atoms with van der Waals surface area (Å²) in [7, 11) is 0. The summed E-state index contributed by atoms with van der Waals surface area (Å²) < 4.78 is 20.7. The molecule has 0 spiro atoms. The first-order chi connectivity index (χ1) is 12.0. The summed E-state index contributed by atoms with van der Waals surface area (Å²) in [6.45, 7) is 2.12. The van der Waals surface area contributed by atoms with Crippen molar-refractivity contribution in [3.8, 4) is 5.88 Å². The van der Waals surface area contributed by atoms with E-state index in [1.54, 1.807) is 12.1 Å². The molecule has 25 heavy (non-hydrogen) atoms. The second-order valence-electron chi connectivity index (χ2n) is 5.60. The van der Waals surface area contributed by atoms with E-state index in [9.17, 15) is 9.18 Å². The van der Waals surface area contributed by atoms with Crippen molar-refractivity contribution < 1.29 is 9.13 Å². The van der Waals surface area contributed by atoms with Crippen LogP contribution >= 0.6 is 15.9 Å². The van der Waals surface area contributed by atoms with Gasteiger partial charge in [-0.05, 0) is 46.1 Å². The fourth-order valence-corrected chi connectivity index (χ4v) is 2.86. The molecule has 0 aliphatic carbocycles.